The summed E-state index contributed by atoms with van der Waals surface area (Å²) in [5.41, 5.74) is 7.44. The van der Waals surface area contributed by atoms with Crippen LogP contribution in [0.3, 0.4) is 0 Å². The third-order valence-corrected chi connectivity index (χ3v) is 4.11. The van der Waals surface area contributed by atoms with E-state index in [2.05, 4.69) is 5.32 Å². The number of carbonyl (C=O) groups is 1. The number of amides is 1. The monoisotopic (exact) mass is 278 g/mol. The zero-order chi connectivity index (χ0) is 15.2. The van der Waals surface area contributed by atoms with Crippen molar-refractivity contribution in [1.29, 1.82) is 0 Å². The summed E-state index contributed by atoms with van der Waals surface area (Å²) in [6.07, 6.45) is 1.49. The van der Waals surface area contributed by atoms with Crippen LogP contribution in [0.2, 0.25) is 0 Å². The second kappa shape index (κ2) is 7.29. The van der Waals surface area contributed by atoms with E-state index in [1.165, 1.54) is 0 Å². The lowest BCUT2D eigenvalue weighted by molar-refractivity contribution is -0.131. The Kier molecular flexibility index (Phi) is 6.02. The van der Waals surface area contributed by atoms with Gasteiger partial charge in [-0.05, 0) is 31.4 Å². The van der Waals surface area contributed by atoms with E-state index in [4.69, 9.17) is 10.5 Å². The number of nitrogens with one attached hydrogen (secondary N) is 1. The molecule has 0 aliphatic carbocycles. The molecule has 0 saturated carbocycles. The maximum Gasteiger partial charge on any atom is 0.227 e. The zero-order valence-corrected chi connectivity index (χ0v) is 13.0. The Morgan fingerprint density at radius 3 is 2.50 bits per heavy atom. The van der Waals surface area contributed by atoms with Crippen molar-refractivity contribution in [2.45, 2.75) is 40.2 Å². The van der Waals surface area contributed by atoms with E-state index in [0.29, 0.717) is 13.1 Å². The van der Waals surface area contributed by atoms with Crippen molar-refractivity contribution >= 4 is 5.91 Å². The predicted molar refractivity (Wildman–Crippen MR) is 81.6 cm³/mol. The molecule has 3 N–H and O–H groups in total. The second-order valence-electron chi connectivity index (χ2n) is 5.19. The van der Waals surface area contributed by atoms with Gasteiger partial charge in [0.2, 0.25) is 5.91 Å². The first-order valence-corrected chi connectivity index (χ1v) is 7.14. The van der Waals surface area contributed by atoms with Crippen molar-refractivity contribution in [1.82, 2.24) is 5.32 Å². The summed E-state index contributed by atoms with van der Waals surface area (Å²) in [7, 11) is 1.64. The van der Waals surface area contributed by atoms with Gasteiger partial charge in [-0.1, -0.05) is 26.0 Å². The highest BCUT2D eigenvalue weighted by Crippen LogP contribution is 2.26. The third-order valence-electron chi connectivity index (χ3n) is 4.11. The highest BCUT2D eigenvalue weighted by molar-refractivity contribution is 5.82. The Hall–Kier alpha value is -1.55. The number of nitrogens with two attached hydrogens (primary N) is 1. The highest BCUT2D eigenvalue weighted by atomic mass is 16.5. The van der Waals surface area contributed by atoms with E-state index < -0.39 is 5.41 Å². The molecule has 0 atom stereocenters. The van der Waals surface area contributed by atoms with Gasteiger partial charge in [-0.3, -0.25) is 4.79 Å². The summed E-state index contributed by atoms with van der Waals surface area (Å²) in [6.45, 7) is 6.85. The summed E-state index contributed by atoms with van der Waals surface area (Å²) in [6, 6.07) is 5.97. The molecule has 4 heteroatoms. The van der Waals surface area contributed by atoms with Crippen LogP contribution in [0.15, 0.2) is 18.2 Å². The molecular weight excluding hydrogens is 252 g/mol. The van der Waals surface area contributed by atoms with E-state index in [-0.39, 0.29) is 5.91 Å². The number of benzene rings is 1. The van der Waals surface area contributed by atoms with E-state index in [1.807, 2.05) is 39.0 Å². The van der Waals surface area contributed by atoms with Crippen LogP contribution in [-0.2, 0) is 11.3 Å². The number of methoxy groups -OCH3 is 1. The van der Waals surface area contributed by atoms with Gasteiger partial charge in [-0.2, -0.15) is 0 Å². The molecule has 0 aromatic heterocycles. The van der Waals surface area contributed by atoms with E-state index in [1.54, 1.807) is 7.11 Å². The fourth-order valence-corrected chi connectivity index (χ4v) is 2.31. The molecule has 0 unspecified atom stereocenters. The third kappa shape index (κ3) is 3.51. The van der Waals surface area contributed by atoms with Crippen LogP contribution in [0.4, 0.5) is 0 Å². The first kappa shape index (κ1) is 16.5. The molecule has 1 rings (SSSR count). The Bertz CT molecular complexity index is 446. The molecule has 0 bridgehead atoms. The topological polar surface area (TPSA) is 64.4 Å². The maximum atomic E-state index is 12.4. The summed E-state index contributed by atoms with van der Waals surface area (Å²) in [5, 5.41) is 2.99. The van der Waals surface area contributed by atoms with Crippen LogP contribution in [0.5, 0.6) is 5.75 Å². The fraction of sp³-hybridized carbons (Fsp3) is 0.562. The Morgan fingerprint density at radius 2 is 2.00 bits per heavy atom. The van der Waals surface area contributed by atoms with E-state index in [0.717, 1.165) is 29.7 Å². The lowest BCUT2D eigenvalue weighted by atomic mass is 9.81. The molecule has 1 aromatic rings. The van der Waals surface area contributed by atoms with Gasteiger partial charge in [-0.15, -0.1) is 0 Å². The number of hydrogen-bond acceptors (Lipinski definition) is 3. The van der Waals surface area contributed by atoms with Crippen LogP contribution in [0, 0.1) is 12.3 Å². The lowest BCUT2D eigenvalue weighted by Gasteiger charge is -2.28. The van der Waals surface area contributed by atoms with Crippen LogP contribution < -0.4 is 15.8 Å². The molecule has 0 saturated heterocycles. The first-order valence-electron chi connectivity index (χ1n) is 7.14. The summed E-state index contributed by atoms with van der Waals surface area (Å²) in [5.74, 6) is 0.823. The van der Waals surface area contributed by atoms with Gasteiger partial charge in [0.15, 0.2) is 0 Å². The Balaban J connectivity index is 2.79. The van der Waals surface area contributed by atoms with Crippen LogP contribution in [-0.4, -0.2) is 19.6 Å². The summed E-state index contributed by atoms with van der Waals surface area (Å²) < 4.78 is 5.35. The average Bonchev–Trinajstić information content (AvgIpc) is 2.48. The van der Waals surface area contributed by atoms with Crippen LogP contribution >= 0.6 is 0 Å². The van der Waals surface area contributed by atoms with Gasteiger partial charge in [0, 0.05) is 18.7 Å². The average molecular weight is 278 g/mol. The molecule has 0 radical (unpaired) electrons. The molecule has 0 spiro atoms. The number of carbonyl (C=O) groups excluding carboxylic acids is 1. The van der Waals surface area contributed by atoms with Crippen molar-refractivity contribution in [2.24, 2.45) is 11.1 Å². The predicted octanol–water partition coefficient (Wildman–Crippen LogP) is 2.38. The van der Waals surface area contributed by atoms with Gasteiger partial charge >= 0.3 is 0 Å². The highest BCUT2D eigenvalue weighted by Gasteiger charge is 2.33. The lowest BCUT2D eigenvalue weighted by Crippen LogP contribution is -2.45. The first-order chi connectivity index (χ1) is 9.52. The van der Waals surface area contributed by atoms with Gasteiger partial charge in [0.25, 0.3) is 0 Å². The molecule has 0 fully saturated rings. The van der Waals surface area contributed by atoms with Crippen LogP contribution in [0.25, 0.3) is 0 Å². The normalized spacial score (nSPS) is 11.2. The summed E-state index contributed by atoms with van der Waals surface area (Å²) >= 11 is 0. The minimum atomic E-state index is -0.460. The number of rotatable bonds is 7. The number of hydrogen-bond donors (Lipinski definition) is 2. The smallest absolute Gasteiger partial charge is 0.227 e. The molecule has 112 valence electrons. The quantitative estimate of drug-likeness (QED) is 0.805. The number of aryl methyl sites for hydroxylation is 1. The molecule has 20 heavy (non-hydrogen) atoms. The van der Waals surface area contributed by atoms with Gasteiger partial charge in [0.05, 0.1) is 12.5 Å². The molecule has 0 heterocycles. The molecular formula is C16H26N2O2. The zero-order valence-electron chi connectivity index (χ0n) is 13.0. The molecule has 4 nitrogen and oxygen atoms in total. The minimum absolute atomic E-state index is 0.0210. The standard InChI is InChI=1S/C16H26N2O2/c1-5-16(6-2,11-17)15(19)18-10-13-8-7-12(3)9-14(13)20-4/h7-9H,5-6,10-11,17H2,1-4H3,(H,18,19). The molecule has 1 aromatic carbocycles. The molecule has 0 aliphatic heterocycles. The Morgan fingerprint density at radius 1 is 1.35 bits per heavy atom. The van der Waals surface area contributed by atoms with E-state index in [9.17, 15) is 4.79 Å². The molecule has 1 amide bonds. The van der Waals surface area contributed by atoms with Gasteiger partial charge in [-0.25, -0.2) is 0 Å². The molecule has 0 aliphatic rings. The van der Waals surface area contributed by atoms with Crippen molar-refractivity contribution < 1.29 is 9.53 Å². The SMILES string of the molecule is CCC(CC)(CN)C(=O)NCc1ccc(C)cc1OC. The van der Waals surface area contributed by atoms with Crippen molar-refractivity contribution in [3.63, 3.8) is 0 Å². The van der Waals surface area contributed by atoms with Crippen molar-refractivity contribution in [2.75, 3.05) is 13.7 Å². The number of ether oxygens (including phenoxy) is 1. The minimum Gasteiger partial charge on any atom is -0.496 e. The second-order valence-corrected chi connectivity index (χ2v) is 5.19. The van der Waals surface area contributed by atoms with Crippen molar-refractivity contribution in [3.05, 3.63) is 29.3 Å². The summed E-state index contributed by atoms with van der Waals surface area (Å²) in [4.78, 5) is 12.4. The van der Waals surface area contributed by atoms with Gasteiger partial charge in [0.1, 0.15) is 5.75 Å². The van der Waals surface area contributed by atoms with Gasteiger partial charge < -0.3 is 15.8 Å². The van der Waals surface area contributed by atoms with E-state index >= 15 is 0 Å². The maximum absolute atomic E-state index is 12.4. The van der Waals surface area contributed by atoms with Crippen LogP contribution in [0.1, 0.15) is 37.8 Å². The Labute approximate surface area is 121 Å². The largest absolute Gasteiger partial charge is 0.496 e. The fourth-order valence-electron chi connectivity index (χ4n) is 2.31. The van der Waals surface area contributed by atoms with Crippen molar-refractivity contribution in [3.8, 4) is 5.75 Å².